The Kier molecular flexibility index (Phi) is 4.00. The maximum Gasteiger partial charge on any atom is 0.245 e. The van der Waals surface area contributed by atoms with Gasteiger partial charge in [-0.15, -0.1) is 0 Å². The second-order valence-electron chi connectivity index (χ2n) is 5.08. The van der Waals surface area contributed by atoms with E-state index in [1.165, 1.54) is 18.7 Å². The normalized spacial score (nSPS) is 28.4. The van der Waals surface area contributed by atoms with E-state index in [1.54, 1.807) is 35.7 Å². The number of sulfone groups is 1. The Hall–Kier alpha value is -1.74. The Balaban J connectivity index is 1.89. The maximum absolute atomic E-state index is 11.8. The van der Waals surface area contributed by atoms with Crippen LogP contribution in [0.5, 0.6) is 0 Å². The van der Waals surface area contributed by atoms with Crippen LogP contribution in [0, 0.1) is 0 Å². The lowest BCUT2D eigenvalue weighted by Crippen LogP contribution is -2.33. The molecule has 0 saturated carbocycles. The van der Waals surface area contributed by atoms with Crippen molar-refractivity contribution in [2.75, 3.05) is 11.5 Å². The number of carbonyl (C=O) groups is 1. The number of carbonyl (C=O) groups excluding carboxylic acids is 1. The topological polar surface area (TPSA) is 92.1 Å². The molecule has 2 aliphatic heterocycles. The highest BCUT2D eigenvalue weighted by Crippen LogP contribution is 2.38. The molecule has 22 heavy (non-hydrogen) atoms. The fourth-order valence-electron chi connectivity index (χ4n) is 2.39. The van der Waals surface area contributed by atoms with E-state index in [4.69, 9.17) is 0 Å². The maximum atomic E-state index is 11.8. The summed E-state index contributed by atoms with van der Waals surface area (Å²) >= 11 is 1.30. The number of pyridine rings is 1. The van der Waals surface area contributed by atoms with E-state index in [1.807, 2.05) is 0 Å². The minimum atomic E-state index is -3.06. The Bertz CT molecular complexity index is 746. The van der Waals surface area contributed by atoms with Crippen LogP contribution in [0.25, 0.3) is 0 Å². The summed E-state index contributed by atoms with van der Waals surface area (Å²) < 4.78 is 23.6. The zero-order valence-corrected chi connectivity index (χ0v) is 13.4. The molecule has 7 nitrogen and oxygen atoms in total. The molecule has 2 fully saturated rings. The molecule has 9 heteroatoms. The highest BCUT2D eigenvalue weighted by atomic mass is 32.2. The number of hydrogen-bond donors (Lipinski definition) is 0. The van der Waals surface area contributed by atoms with E-state index < -0.39 is 9.84 Å². The quantitative estimate of drug-likeness (QED) is 0.731. The van der Waals surface area contributed by atoms with Gasteiger partial charge in [-0.2, -0.15) is 10.1 Å². The van der Waals surface area contributed by atoms with E-state index >= 15 is 0 Å². The Morgan fingerprint density at radius 1 is 1.41 bits per heavy atom. The van der Waals surface area contributed by atoms with Crippen molar-refractivity contribution < 1.29 is 13.2 Å². The van der Waals surface area contributed by atoms with Crippen molar-refractivity contribution in [2.45, 2.75) is 18.2 Å². The lowest BCUT2D eigenvalue weighted by atomic mass is 10.2. The molecule has 3 rings (SSSR count). The summed E-state index contributed by atoms with van der Waals surface area (Å²) in [6.45, 7) is 1.36. The number of aliphatic imine (C=N–C) groups is 1. The van der Waals surface area contributed by atoms with Gasteiger partial charge in [-0.3, -0.25) is 9.78 Å². The van der Waals surface area contributed by atoms with Crippen LogP contribution in [-0.4, -0.2) is 58.5 Å². The molecule has 0 aliphatic carbocycles. The van der Waals surface area contributed by atoms with Crippen LogP contribution in [-0.2, 0) is 14.6 Å². The smallest absolute Gasteiger partial charge is 0.245 e. The standard InChI is InChI=1S/C13H14N4O3S2/c1-9(18)16-13-17(15-6-10-2-4-14-5-3-10)11-7-22(19,20)8-12(11)21-13/h2-6,11-12H,7-8H2,1H3/b15-6-,16-13?/t11-,12-/m0/s1. The molecule has 1 amide bonds. The van der Waals surface area contributed by atoms with Gasteiger partial charge in [0.1, 0.15) is 0 Å². The molecule has 0 bridgehead atoms. The predicted octanol–water partition coefficient (Wildman–Crippen LogP) is 0.532. The summed E-state index contributed by atoms with van der Waals surface area (Å²) in [6.07, 6.45) is 4.91. The summed E-state index contributed by atoms with van der Waals surface area (Å²) in [6, 6.07) is 3.31. The molecule has 0 aromatic carbocycles. The van der Waals surface area contributed by atoms with Crippen molar-refractivity contribution in [2.24, 2.45) is 10.1 Å². The van der Waals surface area contributed by atoms with E-state index in [0.717, 1.165) is 5.56 Å². The van der Waals surface area contributed by atoms with Crippen molar-refractivity contribution in [3.63, 3.8) is 0 Å². The summed E-state index contributed by atoms with van der Waals surface area (Å²) in [5.41, 5.74) is 0.839. The third-order valence-corrected chi connectivity index (χ3v) is 6.53. The Morgan fingerprint density at radius 3 is 2.82 bits per heavy atom. The van der Waals surface area contributed by atoms with E-state index in [2.05, 4.69) is 15.1 Å². The molecule has 0 N–H and O–H groups in total. The SMILES string of the molecule is CC(=O)N=C1S[C@H]2CS(=O)(=O)C[C@@H]2N1/N=C\c1ccncc1. The van der Waals surface area contributed by atoms with Crippen LogP contribution in [0.1, 0.15) is 12.5 Å². The largest absolute Gasteiger partial charge is 0.273 e. The van der Waals surface area contributed by atoms with Gasteiger partial charge in [0.2, 0.25) is 5.91 Å². The lowest BCUT2D eigenvalue weighted by molar-refractivity contribution is -0.115. The van der Waals surface area contributed by atoms with Crippen LogP contribution < -0.4 is 0 Å². The molecular weight excluding hydrogens is 324 g/mol. The van der Waals surface area contributed by atoms with Gasteiger partial charge in [0.15, 0.2) is 15.0 Å². The number of amides is 1. The van der Waals surface area contributed by atoms with Crippen LogP contribution in [0.3, 0.4) is 0 Å². The molecule has 1 aromatic rings. The zero-order chi connectivity index (χ0) is 15.7. The number of thioether (sulfide) groups is 1. The molecule has 116 valence electrons. The first kappa shape index (κ1) is 15.2. The second kappa shape index (κ2) is 5.81. The highest BCUT2D eigenvalue weighted by Gasteiger charge is 2.49. The molecule has 0 unspecified atom stereocenters. The van der Waals surface area contributed by atoms with Gasteiger partial charge in [-0.1, -0.05) is 11.8 Å². The number of nitrogens with zero attached hydrogens (tertiary/aromatic N) is 4. The number of fused-ring (bicyclic) bond motifs is 1. The van der Waals surface area contributed by atoms with Gasteiger partial charge < -0.3 is 0 Å². The minimum Gasteiger partial charge on any atom is -0.273 e. The number of aromatic nitrogens is 1. The van der Waals surface area contributed by atoms with Gasteiger partial charge in [0.25, 0.3) is 0 Å². The molecular formula is C13H14N4O3S2. The second-order valence-corrected chi connectivity index (χ2v) is 8.44. The molecule has 2 saturated heterocycles. The van der Waals surface area contributed by atoms with Crippen molar-refractivity contribution in [3.8, 4) is 0 Å². The van der Waals surface area contributed by atoms with Crippen molar-refractivity contribution in [3.05, 3.63) is 30.1 Å². The first-order valence-corrected chi connectivity index (χ1v) is 9.34. The number of hydrogen-bond acceptors (Lipinski definition) is 6. The molecule has 1 aromatic heterocycles. The van der Waals surface area contributed by atoms with Crippen molar-refractivity contribution in [1.82, 2.24) is 9.99 Å². The van der Waals surface area contributed by atoms with E-state index in [-0.39, 0.29) is 28.7 Å². The van der Waals surface area contributed by atoms with Crippen LogP contribution in [0.2, 0.25) is 0 Å². The summed E-state index contributed by atoms with van der Waals surface area (Å²) in [7, 11) is -3.06. The predicted molar refractivity (Wildman–Crippen MR) is 85.6 cm³/mol. The third kappa shape index (κ3) is 3.20. The first-order valence-electron chi connectivity index (χ1n) is 6.64. The summed E-state index contributed by atoms with van der Waals surface area (Å²) in [5, 5.41) is 6.24. The van der Waals surface area contributed by atoms with Crippen molar-refractivity contribution >= 4 is 38.9 Å². The Morgan fingerprint density at radius 2 is 2.14 bits per heavy atom. The molecule has 0 radical (unpaired) electrons. The van der Waals surface area contributed by atoms with Gasteiger partial charge >= 0.3 is 0 Å². The lowest BCUT2D eigenvalue weighted by Gasteiger charge is -2.17. The fourth-order valence-corrected chi connectivity index (χ4v) is 6.27. The van der Waals surface area contributed by atoms with Crippen LogP contribution in [0.4, 0.5) is 0 Å². The van der Waals surface area contributed by atoms with E-state index in [0.29, 0.717) is 5.17 Å². The molecule has 0 spiro atoms. The first-order chi connectivity index (χ1) is 10.4. The van der Waals surface area contributed by atoms with E-state index in [9.17, 15) is 13.2 Å². The minimum absolute atomic E-state index is 0.0370. The fraction of sp³-hybridized carbons (Fsp3) is 0.385. The Labute approximate surface area is 132 Å². The van der Waals surface area contributed by atoms with Crippen molar-refractivity contribution in [1.29, 1.82) is 0 Å². The number of hydrazone groups is 1. The van der Waals surface area contributed by atoms with Gasteiger partial charge in [-0.05, 0) is 17.7 Å². The average molecular weight is 338 g/mol. The van der Waals surface area contributed by atoms with Gasteiger partial charge in [0.05, 0.1) is 29.0 Å². The van der Waals surface area contributed by atoms with Crippen LogP contribution >= 0.6 is 11.8 Å². The third-order valence-electron chi connectivity index (χ3n) is 3.33. The monoisotopic (exact) mass is 338 g/mol. The average Bonchev–Trinajstić information content (AvgIpc) is 2.88. The van der Waals surface area contributed by atoms with Gasteiger partial charge in [-0.25, -0.2) is 13.4 Å². The van der Waals surface area contributed by atoms with Gasteiger partial charge in [0, 0.05) is 19.3 Å². The number of amidine groups is 1. The summed E-state index contributed by atoms with van der Waals surface area (Å²) in [4.78, 5) is 19.1. The number of rotatable bonds is 2. The van der Waals surface area contributed by atoms with Crippen LogP contribution in [0.15, 0.2) is 34.6 Å². The zero-order valence-electron chi connectivity index (χ0n) is 11.8. The highest BCUT2D eigenvalue weighted by molar-refractivity contribution is 8.15. The summed E-state index contributed by atoms with van der Waals surface area (Å²) in [5.74, 6) is -0.190. The molecule has 3 heterocycles. The molecule has 2 aliphatic rings. The molecule has 2 atom stereocenters.